The first-order chi connectivity index (χ1) is 19.5. The first-order valence-corrected chi connectivity index (χ1v) is 12.7. The number of likely N-dealkylation sites (tertiary alicyclic amines) is 1. The molecule has 1 amide bonds. The highest BCUT2D eigenvalue weighted by Gasteiger charge is 2.35. The number of carbonyl (C=O) groups is 2. The molecule has 4 aromatic rings. The van der Waals surface area contributed by atoms with Crippen molar-refractivity contribution in [2.75, 3.05) is 20.2 Å². The maximum absolute atomic E-state index is 14.1. The number of amides is 1. The number of ketones is 1. The second kappa shape index (κ2) is 10.9. The zero-order valence-corrected chi connectivity index (χ0v) is 22.0. The Bertz CT molecular complexity index is 1630. The maximum Gasteiger partial charge on any atom is 0.433 e. The van der Waals surface area contributed by atoms with Crippen molar-refractivity contribution < 1.29 is 36.3 Å². The number of nitrogens with zero attached hydrogens (tertiary/aromatic N) is 4. The number of oxazole rings is 1. The van der Waals surface area contributed by atoms with E-state index in [1.807, 2.05) is 0 Å². The number of halogens is 4. The van der Waals surface area contributed by atoms with Crippen molar-refractivity contribution in [2.24, 2.45) is 11.7 Å². The molecule has 0 spiro atoms. The summed E-state index contributed by atoms with van der Waals surface area (Å²) in [7, 11) is 1.32. The zero-order chi connectivity index (χ0) is 29.5. The molecule has 1 fully saturated rings. The summed E-state index contributed by atoms with van der Waals surface area (Å²) in [5, 5.41) is 0.275. The largest absolute Gasteiger partial charge is 0.494 e. The van der Waals surface area contributed by atoms with Crippen LogP contribution >= 0.6 is 0 Å². The molecule has 0 radical (unpaired) electrons. The Morgan fingerprint density at radius 2 is 1.85 bits per heavy atom. The Balaban J connectivity index is 1.43. The number of Topliss-reactive ketones (excluding diaryl/α,β-unsaturated/α-hetero) is 1. The number of fused-ring (bicyclic) bond motifs is 1. The van der Waals surface area contributed by atoms with Crippen LogP contribution in [-0.2, 0) is 6.18 Å². The van der Waals surface area contributed by atoms with Gasteiger partial charge in [-0.2, -0.15) is 13.2 Å². The summed E-state index contributed by atoms with van der Waals surface area (Å²) in [6.45, 7) is 2.05. The van der Waals surface area contributed by atoms with Crippen LogP contribution in [-0.4, -0.2) is 51.7 Å². The number of pyridine rings is 2. The smallest absolute Gasteiger partial charge is 0.433 e. The summed E-state index contributed by atoms with van der Waals surface area (Å²) in [6.07, 6.45) is -1.68. The van der Waals surface area contributed by atoms with Gasteiger partial charge >= 0.3 is 6.18 Å². The van der Waals surface area contributed by atoms with Gasteiger partial charge in [-0.3, -0.25) is 14.6 Å². The van der Waals surface area contributed by atoms with Crippen LogP contribution in [0.5, 0.6) is 5.75 Å². The molecule has 1 aliphatic heterocycles. The van der Waals surface area contributed by atoms with E-state index in [0.717, 1.165) is 12.3 Å². The lowest BCUT2D eigenvalue weighted by atomic mass is 9.89. The van der Waals surface area contributed by atoms with E-state index in [1.165, 1.54) is 36.4 Å². The Hall–Kier alpha value is -4.39. The molecule has 2 N–H and O–H groups in total. The number of alkyl halides is 3. The van der Waals surface area contributed by atoms with Crippen LogP contribution in [0.2, 0.25) is 0 Å². The van der Waals surface area contributed by atoms with Gasteiger partial charge in [-0.15, -0.1) is 0 Å². The van der Waals surface area contributed by atoms with Crippen LogP contribution in [0.15, 0.2) is 47.1 Å². The van der Waals surface area contributed by atoms with Crippen molar-refractivity contribution in [1.82, 2.24) is 19.9 Å². The van der Waals surface area contributed by atoms with Gasteiger partial charge in [0.2, 0.25) is 5.89 Å². The van der Waals surface area contributed by atoms with Gasteiger partial charge in [-0.25, -0.2) is 14.4 Å². The standard InChI is InChI=1S/C28H25F4N5O4/c1-14(33)25-23(27(39)37-11-8-15(9-12-37)24(38)18-7-10-34-13-19(18)29)36-26(41-25)17-3-5-20(40-2)22-16(17)4-6-21(35-22)28(30,31)32/h3-7,10,13-15H,8-9,11-12,33H2,1-2H3/t14-/m1/s1. The van der Waals surface area contributed by atoms with Crippen LogP contribution in [0.4, 0.5) is 17.6 Å². The molecule has 4 heterocycles. The molecular formula is C28H25F4N5O4. The number of aromatic nitrogens is 3. The fourth-order valence-electron chi connectivity index (χ4n) is 4.90. The minimum Gasteiger partial charge on any atom is -0.494 e. The second-order valence-corrected chi connectivity index (χ2v) is 9.71. The molecule has 1 saturated heterocycles. The van der Waals surface area contributed by atoms with E-state index in [-0.39, 0.29) is 58.4 Å². The summed E-state index contributed by atoms with van der Waals surface area (Å²) < 4.78 is 65.2. The molecule has 0 saturated carbocycles. The molecule has 41 heavy (non-hydrogen) atoms. The van der Waals surface area contributed by atoms with E-state index >= 15 is 0 Å². The maximum atomic E-state index is 14.1. The van der Waals surface area contributed by atoms with E-state index in [0.29, 0.717) is 18.4 Å². The number of hydrogen-bond donors (Lipinski definition) is 1. The van der Waals surface area contributed by atoms with Crippen molar-refractivity contribution >= 4 is 22.6 Å². The Morgan fingerprint density at radius 3 is 2.49 bits per heavy atom. The van der Waals surface area contributed by atoms with E-state index in [9.17, 15) is 27.2 Å². The van der Waals surface area contributed by atoms with E-state index in [2.05, 4.69) is 15.0 Å². The monoisotopic (exact) mass is 571 g/mol. The minimum atomic E-state index is -4.66. The zero-order valence-electron chi connectivity index (χ0n) is 22.0. The van der Waals surface area contributed by atoms with Gasteiger partial charge < -0.3 is 19.8 Å². The van der Waals surface area contributed by atoms with Crippen LogP contribution < -0.4 is 10.5 Å². The van der Waals surface area contributed by atoms with Crippen molar-refractivity contribution in [3.8, 4) is 17.2 Å². The van der Waals surface area contributed by atoms with Crippen LogP contribution in [0.3, 0.4) is 0 Å². The second-order valence-electron chi connectivity index (χ2n) is 9.71. The van der Waals surface area contributed by atoms with Gasteiger partial charge in [0.15, 0.2) is 23.1 Å². The first kappa shape index (κ1) is 28.1. The quantitative estimate of drug-likeness (QED) is 0.247. The number of methoxy groups -OCH3 is 1. The number of ether oxygens (including phenoxy) is 1. The van der Waals surface area contributed by atoms with Crippen LogP contribution in [0, 0.1) is 11.7 Å². The van der Waals surface area contributed by atoms with E-state index < -0.39 is 35.6 Å². The molecule has 1 aliphatic rings. The highest BCUT2D eigenvalue weighted by molar-refractivity contribution is 5.99. The summed E-state index contributed by atoms with van der Waals surface area (Å²) in [6, 6.07) is 5.68. The Kier molecular flexibility index (Phi) is 7.47. The molecule has 5 rings (SSSR count). The van der Waals surface area contributed by atoms with Crippen LogP contribution in [0.25, 0.3) is 22.4 Å². The Labute approximate surface area is 231 Å². The van der Waals surface area contributed by atoms with Gasteiger partial charge in [-0.05, 0) is 50.1 Å². The van der Waals surface area contributed by atoms with Crippen molar-refractivity contribution in [3.05, 3.63) is 71.3 Å². The number of rotatable bonds is 6. The molecule has 214 valence electrons. The van der Waals surface area contributed by atoms with Gasteiger partial charge in [-0.1, -0.05) is 0 Å². The van der Waals surface area contributed by atoms with Gasteiger partial charge in [0.1, 0.15) is 17.0 Å². The van der Waals surface area contributed by atoms with Gasteiger partial charge in [0.05, 0.1) is 24.9 Å². The summed E-state index contributed by atoms with van der Waals surface area (Å²) >= 11 is 0. The van der Waals surface area contributed by atoms with Crippen molar-refractivity contribution in [1.29, 1.82) is 0 Å². The van der Waals surface area contributed by atoms with Crippen molar-refractivity contribution in [3.63, 3.8) is 0 Å². The molecule has 0 bridgehead atoms. The van der Waals surface area contributed by atoms with Gasteiger partial charge in [0, 0.05) is 36.2 Å². The van der Waals surface area contributed by atoms with E-state index in [4.69, 9.17) is 14.9 Å². The fourth-order valence-corrected chi connectivity index (χ4v) is 4.90. The third-order valence-electron chi connectivity index (χ3n) is 7.02. The summed E-state index contributed by atoms with van der Waals surface area (Å²) in [4.78, 5) is 39.7. The predicted octanol–water partition coefficient (Wildman–Crippen LogP) is 5.21. The lowest BCUT2D eigenvalue weighted by molar-refractivity contribution is -0.140. The average Bonchev–Trinajstić information content (AvgIpc) is 3.41. The highest BCUT2D eigenvalue weighted by Crippen LogP contribution is 2.38. The first-order valence-electron chi connectivity index (χ1n) is 12.7. The SMILES string of the molecule is COc1ccc(-c2nc(C(=O)N3CCC(C(=O)c4ccncc4F)CC3)c([C@@H](C)N)o2)c2ccc(C(F)(F)F)nc12. The molecule has 9 nitrogen and oxygen atoms in total. The molecule has 0 aliphatic carbocycles. The summed E-state index contributed by atoms with van der Waals surface area (Å²) in [5.41, 5.74) is 5.18. The third kappa shape index (κ3) is 5.36. The predicted molar refractivity (Wildman–Crippen MR) is 139 cm³/mol. The normalized spacial score (nSPS) is 15.2. The topological polar surface area (TPSA) is 124 Å². The molecule has 1 aromatic carbocycles. The molecule has 13 heteroatoms. The van der Waals surface area contributed by atoms with Gasteiger partial charge in [0.25, 0.3) is 5.91 Å². The molecule has 1 atom stereocenters. The number of nitrogens with two attached hydrogens (primary N) is 1. The molecule has 3 aromatic heterocycles. The number of benzene rings is 1. The third-order valence-corrected chi connectivity index (χ3v) is 7.02. The highest BCUT2D eigenvalue weighted by atomic mass is 19.4. The summed E-state index contributed by atoms with van der Waals surface area (Å²) in [5.74, 6) is -1.76. The lowest BCUT2D eigenvalue weighted by Gasteiger charge is -2.31. The fraction of sp³-hybridized carbons (Fsp3) is 0.321. The Morgan fingerprint density at radius 1 is 1.12 bits per heavy atom. The molecule has 0 unspecified atom stereocenters. The molecular weight excluding hydrogens is 546 g/mol. The average molecular weight is 572 g/mol. The van der Waals surface area contributed by atoms with E-state index in [1.54, 1.807) is 13.0 Å². The van der Waals surface area contributed by atoms with Crippen molar-refractivity contribution in [2.45, 2.75) is 32.0 Å². The number of hydrogen-bond acceptors (Lipinski definition) is 8. The lowest BCUT2D eigenvalue weighted by Crippen LogP contribution is -2.41. The number of carbonyl (C=O) groups excluding carboxylic acids is 2. The number of piperidine rings is 1. The van der Waals surface area contributed by atoms with Crippen LogP contribution in [0.1, 0.15) is 58.1 Å². The minimum absolute atomic E-state index is 0.0203.